The van der Waals surface area contributed by atoms with E-state index in [2.05, 4.69) is 34.2 Å². The van der Waals surface area contributed by atoms with Crippen molar-refractivity contribution >= 4 is 11.7 Å². The van der Waals surface area contributed by atoms with E-state index >= 15 is 0 Å². The number of carbonyl (C=O) groups is 1. The minimum Gasteiger partial charge on any atom is -0.497 e. The smallest absolute Gasteiger partial charge is 0.254 e. The summed E-state index contributed by atoms with van der Waals surface area (Å²) >= 11 is 0. The number of amides is 1. The molecule has 0 bridgehead atoms. The Balaban J connectivity index is 1.40. The van der Waals surface area contributed by atoms with E-state index in [1.54, 1.807) is 13.2 Å². The van der Waals surface area contributed by atoms with Crippen molar-refractivity contribution < 1.29 is 9.53 Å². The number of piperazine rings is 1. The van der Waals surface area contributed by atoms with Crippen LogP contribution in [0.5, 0.6) is 5.75 Å². The number of hydrogen-bond donors (Lipinski definition) is 0. The van der Waals surface area contributed by atoms with Crippen LogP contribution in [0.1, 0.15) is 15.9 Å². The molecule has 4 rings (SSSR count). The molecule has 0 aliphatic carbocycles. The van der Waals surface area contributed by atoms with E-state index in [1.807, 2.05) is 47.4 Å². The number of aryl methyl sites for hydroxylation is 1. The maximum atomic E-state index is 12.8. The van der Waals surface area contributed by atoms with E-state index < -0.39 is 0 Å². The van der Waals surface area contributed by atoms with Gasteiger partial charge in [0.05, 0.1) is 12.8 Å². The van der Waals surface area contributed by atoms with Gasteiger partial charge in [-0.05, 0) is 42.8 Å². The van der Waals surface area contributed by atoms with Gasteiger partial charge in [-0.1, -0.05) is 30.3 Å². The van der Waals surface area contributed by atoms with Crippen molar-refractivity contribution in [2.75, 3.05) is 38.2 Å². The van der Waals surface area contributed by atoms with Gasteiger partial charge in [-0.25, -0.2) is 0 Å². The number of benzene rings is 2. The Kier molecular flexibility index (Phi) is 5.42. The van der Waals surface area contributed by atoms with Crippen LogP contribution >= 0.6 is 0 Å². The molecule has 2 aromatic carbocycles. The quantitative estimate of drug-likeness (QED) is 0.685. The predicted octanol–water partition coefficient (Wildman–Crippen LogP) is 3.42. The monoisotopic (exact) mass is 388 g/mol. The van der Waals surface area contributed by atoms with Crippen LogP contribution in [-0.4, -0.2) is 54.3 Å². The van der Waals surface area contributed by atoms with Crippen molar-refractivity contribution in [2.24, 2.45) is 0 Å². The van der Waals surface area contributed by atoms with Crippen LogP contribution in [0.15, 0.2) is 60.7 Å². The summed E-state index contributed by atoms with van der Waals surface area (Å²) in [7, 11) is 1.60. The highest BCUT2D eigenvalue weighted by atomic mass is 16.5. The van der Waals surface area contributed by atoms with E-state index in [0.717, 1.165) is 30.2 Å². The lowest BCUT2D eigenvalue weighted by atomic mass is 10.1. The number of ether oxygens (including phenoxy) is 1. The number of anilines is 1. The van der Waals surface area contributed by atoms with Crippen LogP contribution in [0.3, 0.4) is 0 Å². The Hall–Kier alpha value is -3.41. The number of rotatable bonds is 4. The maximum absolute atomic E-state index is 12.8. The third kappa shape index (κ3) is 4.06. The minimum absolute atomic E-state index is 0.0320. The lowest BCUT2D eigenvalue weighted by molar-refractivity contribution is 0.0746. The highest BCUT2D eigenvalue weighted by molar-refractivity contribution is 5.94. The van der Waals surface area contributed by atoms with E-state index in [0.29, 0.717) is 24.4 Å². The van der Waals surface area contributed by atoms with Gasteiger partial charge in [-0.2, -0.15) is 0 Å². The first-order valence-corrected chi connectivity index (χ1v) is 9.74. The molecule has 6 heteroatoms. The molecular weight excluding hydrogens is 364 g/mol. The Morgan fingerprint density at radius 3 is 2.41 bits per heavy atom. The number of nitrogens with zero attached hydrogens (tertiary/aromatic N) is 4. The second-order valence-electron chi connectivity index (χ2n) is 7.10. The van der Waals surface area contributed by atoms with Crippen LogP contribution in [-0.2, 0) is 0 Å². The summed E-state index contributed by atoms with van der Waals surface area (Å²) in [6.45, 7) is 4.83. The zero-order chi connectivity index (χ0) is 20.2. The molecule has 0 spiro atoms. The van der Waals surface area contributed by atoms with Crippen LogP contribution in [0, 0.1) is 6.92 Å². The van der Waals surface area contributed by atoms with Crippen molar-refractivity contribution in [3.05, 3.63) is 71.8 Å². The molecule has 1 aromatic heterocycles. The van der Waals surface area contributed by atoms with Gasteiger partial charge in [0.15, 0.2) is 5.82 Å². The maximum Gasteiger partial charge on any atom is 0.254 e. The molecular formula is C23H24N4O2. The predicted molar refractivity (Wildman–Crippen MR) is 113 cm³/mol. The number of carbonyl (C=O) groups excluding carboxylic acids is 1. The van der Waals surface area contributed by atoms with Gasteiger partial charge < -0.3 is 14.5 Å². The third-order valence-corrected chi connectivity index (χ3v) is 5.28. The largest absolute Gasteiger partial charge is 0.497 e. The van der Waals surface area contributed by atoms with Crippen LogP contribution < -0.4 is 9.64 Å². The van der Waals surface area contributed by atoms with Crippen LogP contribution in [0.2, 0.25) is 0 Å². The number of hydrogen-bond acceptors (Lipinski definition) is 5. The summed E-state index contributed by atoms with van der Waals surface area (Å²) in [5.74, 6) is 1.57. The topological polar surface area (TPSA) is 58.6 Å². The molecule has 1 aliphatic heterocycles. The highest BCUT2D eigenvalue weighted by Crippen LogP contribution is 2.23. The second-order valence-corrected chi connectivity index (χ2v) is 7.10. The summed E-state index contributed by atoms with van der Waals surface area (Å²) < 4.78 is 5.22. The van der Waals surface area contributed by atoms with Crippen molar-refractivity contribution in [1.29, 1.82) is 0 Å². The van der Waals surface area contributed by atoms with Gasteiger partial charge in [-0.3, -0.25) is 4.79 Å². The standard InChI is InChI=1S/C23H24N4O2/c1-17-6-3-4-9-20(17)21-10-11-22(25-24-21)26-12-14-27(15-13-26)23(28)18-7-5-8-19(16-18)29-2/h3-11,16H,12-15H2,1-2H3. The normalized spacial score (nSPS) is 14.0. The van der Waals surface area contributed by atoms with Crippen molar-refractivity contribution in [3.63, 3.8) is 0 Å². The van der Waals surface area contributed by atoms with Gasteiger partial charge in [0.25, 0.3) is 5.91 Å². The Morgan fingerprint density at radius 2 is 1.72 bits per heavy atom. The first kappa shape index (κ1) is 18.9. The van der Waals surface area contributed by atoms with Crippen LogP contribution in [0.25, 0.3) is 11.3 Å². The zero-order valence-corrected chi connectivity index (χ0v) is 16.7. The zero-order valence-electron chi connectivity index (χ0n) is 16.7. The first-order valence-electron chi connectivity index (χ1n) is 9.74. The molecule has 0 saturated carbocycles. The molecule has 0 atom stereocenters. The fourth-order valence-corrected chi connectivity index (χ4v) is 3.58. The van der Waals surface area contributed by atoms with Crippen molar-refractivity contribution in [3.8, 4) is 17.0 Å². The Labute approximate surface area is 170 Å². The van der Waals surface area contributed by atoms with E-state index in [9.17, 15) is 4.79 Å². The lowest BCUT2D eigenvalue weighted by Crippen LogP contribution is -2.49. The van der Waals surface area contributed by atoms with Gasteiger partial charge in [-0.15, -0.1) is 10.2 Å². The molecule has 148 valence electrons. The summed E-state index contributed by atoms with van der Waals surface area (Å²) in [5.41, 5.74) is 3.80. The Bertz CT molecular complexity index is 996. The molecule has 1 amide bonds. The summed E-state index contributed by atoms with van der Waals surface area (Å²) in [6.07, 6.45) is 0. The number of aromatic nitrogens is 2. The fraction of sp³-hybridized carbons (Fsp3) is 0.261. The molecule has 0 N–H and O–H groups in total. The number of methoxy groups -OCH3 is 1. The average molecular weight is 388 g/mol. The van der Waals surface area contributed by atoms with Gasteiger partial charge in [0.2, 0.25) is 0 Å². The summed E-state index contributed by atoms with van der Waals surface area (Å²) in [4.78, 5) is 16.8. The molecule has 1 fully saturated rings. The molecule has 0 unspecified atom stereocenters. The third-order valence-electron chi connectivity index (χ3n) is 5.28. The molecule has 0 radical (unpaired) electrons. The first-order chi connectivity index (χ1) is 14.2. The molecule has 1 saturated heterocycles. The van der Waals surface area contributed by atoms with E-state index in [-0.39, 0.29) is 5.91 Å². The molecule has 1 aliphatic rings. The summed E-state index contributed by atoms with van der Waals surface area (Å²) in [6, 6.07) is 19.5. The van der Waals surface area contributed by atoms with Crippen molar-refractivity contribution in [2.45, 2.75) is 6.92 Å². The van der Waals surface area contributed by atoms with Gasteiger partial charge in [0, 0.05) is 37.3 Å². The minimum atomic E-state index is 0.0320. The fourth-order valence-electron chi connectivity index (χ4n) is 3.58. The summed E-state index contributed by atoms with van der Waals surface area (Å²) in [5, 5.41) is 8.85. The van der Waals surface area contributed by atoms with Crippen molar-refractivity contribution in [1.82, 2.24) is 15.1 Å². The molecule has 29 heavy (non-hydrogen) atoms. The average Bonchev–Trinajstić information content (AvgIpc) is 2.79. The van der Waals surface area contributed by atoms with Crippen LogP contribution in [0.4, 0.5) is 5.82 Å². The lowest BCUT2D eigenvalue weighted by Gasteiger charge is -2.35. The van der Waals surface area contributed by atoms with E-state index in [1.165, 1.54) is 5.56 Å². The molecule has 3 aromatic rings. The second kappa shape index (κ2) is 8.31. The van der Waals surface area contributed by atoms with E-state index in [4.69, 9.17) is 4.74 Å². The molecule has 2 heterocycles. The SMILES string of the molecule is COc1cccc(C(=O)N2CCN(c3ccc(-c4ccccc4C)nn3)CC2)c1. The van der Waals surface area contributed by atoms with Gasteiger partial charge in [0.1, 0.15) is 5.75 Å². The highest BCUT2D eigenvalue weighted by Gasteiger charge is 2.23. The van der Waals surface area contributed by atoms with Gasteiger partial charge >= 0.3 is 0 Å². The molecule has 6 nitrogen and oxygen atoms in total. The Morgan fingerprint density at radius 1 is 0.931 bits per heavy atom.